The van der Waals surface area contributed by atoms with Crippen molar-refractivity contribution in [1.82, 2.24) is 15.0 Å². The standard InChI is InChI=1S/C105H82BN5/c1-11-31-71(32-12-1)81-51-53-98-96(67-81)106-97-68-82(72-33-13-2-14-34-72)52-54-99(97)111(95-65-89(79-47-27-9-28-48-79)58-90(66-95)80-49-29-10-30-50-80)101-70-93(69-100(102(101)106)110(98)94-63-87(77-43-23-7-24-44-77)57-88(64-94)78-45-25-8-26-46-78)105-108-103(91-59-83(73-35-15-3-16-36-73)55-84(60-91)74-37-17-4-18-38-74)107-104(109-105)92-61-85(75-39-19-5-20-40-75)56-86(62-92)76-41-21-6-22-42-76/h3-10,15-30,35-72H,1-2,11-14,31-34H2. The summed E-state index contributed by atoms with van der Waals surface area (Å²) in [5.74, 6) is 2.65. The van der Waals surface area contributed by atoms with E-state index in [1.807, 2.05) is 0 Å². The Morgan fingerprint density at radius 3 is 0.703 bits per heavy atom. The molecule has 0 bridgehead atoms. The van der Waals surface area contributed by atoms with Gasteiger partial charge in [0.1, 0.15) is 0 Å². The quantitative estimate of drug-likeness (QED) is 0.0957. The number of anilines is 6. The summed E-state index contributed by atoms with van der Waals surface area (Å²) in [5, 5.41) is 0. The highest BCUT2D eigenvalue weighted by Crippen LogP contribution is 2.51. The largest absolute Gasteiger partial charge is 0.311 e. The van der Waals surface area contributed by atoms with Crippen LogP contribution in [0.2, 0.25) is 0 Å². The molecule has 3 heterocycles. The van der Waals surface area contributed by atoms with E-state index in [4.69, 9.17) is 15.0 Å². The van der Waals surface area contributed by atoms with E-state index in [1.165, 1.54) is 103 Å². The van der Waals surface area contributed by atoms with Crippen molar-refractivity contribution in [3.63, 3.8) is 0 Å². The maximum absolute atomic E-state index is 5.96. The Labute approximate surface area is 652 Å². The summed E-state index contributed by atoms with van der Waals surface area (Å²) in [4.78, 5) is 23.0. The van der Waals surface area contributed by atoms with Crippen molar-refractivity contribution < 1.29 is 0 Å². The third-order valence-corrected chi connectivity index (χ3v) is 23.8. The molecule has 0 atom stereocenters. The summed E-state index contributed by atoms with van der Waals surface area (Å²) < 4.78 is 0. The van der Waals surface area contributed by atoms with E-state index in [9.17, 15) is 0 Å². The van der Waals surface area contributed by atoms with Gasteiger partial charge in [-0.05, 0) is 251 Å². The van der Waals surface area contributed by atoms with E-state index >= 15 is 0 Å². The van der Waals surface area contributed by atoms with E-state index in [0.717, 1.165) is 128 Å². The molecule has 530 valence electrons. The summed E-state index contributed by atoms with van der Waals surface area (Å²) >= 11 is 0. The summed E-state index contributed by atoms with van der Waals surface area (Å²) in [6, 6.07) is 135. The molecule has 0 saturated heterocycles. The Bertz CT molecular complexity index is 5490. The Morgan fingerprint density at radius 1 is 0.207 bits per heavy atom. The van der Waals surface area contributed by atoms with Crippen LogP contribution in [0.15, 0.2) is 364 Å². The maximum Gasteiger partial charge on any atom is 0.252 e. The third-order valence-electron chi connectivity index (χ3n) is 23.8. The van der Waals surface area contributed by atoms with Crippen LogP contribution in [-0.2, 0) is 0 Å². The van der Waals surface area contributed by atoms with Gasteiger partial charge in [-0.1, -0.05) is 305 Å². The molecular formula is C105H82BN5. The average molecular weight is 1420 g/mol. The van der Waals surface area contributed by atoms with Crippen molar-refractivity contribution >= 4 is 57.2 Å². The van der Waals surface area contributed by atoms with Crippen LogP contribution in [0.5, 0.6) is 0 Å². The molecular weight excluding hydrogens is 1340 g/mol. The average Bonchev–Trinajstić information content (AvgIpc) is 0.692. The van der Waals surface area contributed by atoms with Crippen molar-refractivity contribution in [2.24, 2.45) is 0 Å². The first kappa shape index (κ1) is 67.3. The number of hydrogen-bond donors (Lipinski definition) is 0. The molecule has 4 aliphatic rings. The number of aromatic nitrogens is 3. The lowest BCUT2D eigenvalue weighted by Crippen LogP contribution is -2.61. The topological polar surface area (TPSA) is 45.2 Å². The zero-order chi connectivity index (χ0) is 73.6. The van der Waals surface area contributed by atoms with E-state index in [0.29, 0.717) is 29.3 Å². The van der Waals surface area contributed by atoms with Crippen LogP contribution < -0.4 is 26.2 Å². The molecule has 6 heteroatoms. The number of nitrogens with zero attached hydrogens (tertiary/aromatic N) is 5. The van der Waals surface area contributed by atoms with Crippen LogP contribution in [0, 0.1) is 0 Å². The SMILES string of the molecule is c1ccc(-c2cc(-c3ccccc3)cc(-c3nc(-c4cc(-c5ccccc5)cc(-c5ccccc5)c4)nc(-c4cc5c6c(c4)N(c4cc(-c7ccccc7)cc(-c7ccccc7)c4)c4ccc(C7CCCCC7)cc4B6c4cc(C6CCCCC6)ccc4N5c4cc(-c5ccccc5)cc(-c5ccccc5)c4)n3)c2)cc1. The van der Waals surface area contributed by atoms with E-state index < -0.39 is 0 Å². The lowest BCUT2D eigenvalue weighted by Gasteiger charge is -2.45. The molecule has 0 spiro atoms. The van der Waals surface area contributed by atoms with Gasteiger partial charge in [-0.2, -0.15) is 0 Å². The third kappa shape index (κ3) is 13.2. The molecule has 2 aliphatic heterocycles. The molecule has 16 aromatic rings. The fraction of sp³-hybridized carbons (Fsp3) is 0.114. The first-order chi connectivity index (χ1) is 55.0. The van der Waals surface area contributed by atoms with Crippen molar-refractivity contribution in [2.75, 3.05) is 9.80 Å². The van der Waals surface area contributed by atoms with Crippen LogP contribution >= 0.6 is 0 Å². The van der Waals surface area contributed by atoms with Crippen molar-refractivity contribution in [2.45, 2.75) is 76.0 Å². The number of rotatable bonds is 15. The van der Waals surface area contributed by atoms with E-state index in [-0.39, 0.29) is 6.71 Å². The highest BCUT2D eigenvalue weighted by Gasteiger charge is 2.45. The van der Waals surface area contributed by atoms with Gasteiger partial charge in [0, 0.05) is 50.8 Å². The molecule has 0 radical (unpaired) electrons. The first-order valence-electron chi connectivity index (χ1n) is 39.9. The molecule has 15 aromatic carbocycles. The molecule has 111 heavy (non-hydrogen) atoms. The van der Waals surface area contributed by atoms with Gasteiger partial charge in [0.05, 0.1) is 0 Å². The van der Waals surface area contributed by atoms with Crippen LogP contribution in [0.4, 0.5) is 34.1 Å². The van der Waals surface area contributed by atoms with Crippen LogP contribution in [0.3, 0.4) is 0 Å². The summed E-state index contributed by atoms with van der Waals surface area (Å²) in [5.41, 5.74) is 33.9. The predicted octanol–water partition coefficient (Wildman–Crippen LogP) is 26.4. The molecule has 20 rings (SSSR count). The minimum absolute atomic E-state index is 0.163. The molecule has 0 amide bonds. The van der Waals surface area contributed by atoms with Gasteiger partial charge in [0.15, 0.2) is 17.5 Å². The molecule has 2 fully saturated rings. The van der Waals surface area contributed by atoms with Gasteiger partial charge in [0.2, 0.25) is 0 Å². The molecule has 0 unspecified atom stereocenters. The molecule has 2 aliphatic carbocycles. The van der Waals surface area contributed by atoms with E-state index in [2.05, 4.69) is 374 Å². The summed E-state index contributed by atoms with van der Waals surface area (Å²) in [7, 11) is 0. The van der Waals surface area contributed by atoms with Crippen LogP contribution in [-0.4, -0.2) is 21.7 Å². The van der Waals surface area contributed by atoms with Gasteiger partial charge in [-0.15, -0.1) is 0 Å². The zero-order valence-corrected chi connectivity index (χ0v) is 62.2. The highest BCUT2D eigenvalue weighted by atomic mass is 15.2. The monoisotopic (exact) mass is 1420 g/mol. The molecule has 1 aromatic heterocycles. The number of hydrogen-bond acceptors (Lipinski definition) is 5. The van der Waals surface area contributed by atoms with Gasteiger partial charge in [-0.3, -0.25) is 0 Å². The van der Waals surface area contributed by atoms with E-state index in [1.54, 1.807) is 0 Å². The maximum atomic E-state index is 5.96. The second kappa shape index (κ2) is 29.5. The van der Waals surface area contributed by atoms with Crippen LogP contribution in [0.1, 0.15) is 87.2 Å². The Balaban J connectivity index is 0.919. The van der Waals surface area contributed by atoms with Crippen LogP contribution in [0.25, 0.3) is 123 Å². The Kier molecular flexibility index (Phi) is 17.9. The fourth-order valence-corrected chi connectivity index (χ4v) is 18.2. The number of fused-ring (bicyclic) bond motifs is 4. The first-order valence-corrected chi connectivity index (χ1v) is 39.9. The highest BCUT2D eigenvalue weighted by molar-refractivity contribution is 7.00. The number of benzene rings is 15. The van der Waals surface area contributed by atoms with Gasteiger partial charge in [-0.25, -0.2) is 15.0 Å². The minimum atomic E-state index is -0.163. The van der Waals surface area contributed by atoms with Gasteiger partial charge in [0.25, 0.3) is 6.71 Å². The second-order valence-corrected chi connectivity index (χ2v) is 30.7. The second-order valence-electron chi connectivity index (χ2n) is 30.7. The van der Waals surface area contributed by atoms with Crippen molar-refractivity contribution in [3.8, 4) is 123 Å². The summed E-state index contributed by atoms with van der Waals surface area (Å²) in [6.07, 6.45) is 12.3. The zero-order valence-electron chi connectivity index (χ0n) is 62.2. The molecule has 5 nitrogen and oxygen atoms in total. The smallest absolute Gasteiger partial charge is 0.252 e. The van der Waals surface area contributed by atoms with Crippen molar-refractivity contribution in [1.29, 1.82) is 0 Å². The molecule has 0 N–H and O–H groups in total. The molecule has 2 saturated carbocycles. The minimum Gasteiger partial charge on any atom is -0.311 e. The predicted molar refractivity (Wildman–Crippen MR) is 465 cm³/mol. The lowest BCUT2D eigenvalue weighted by atomic mass is 9.33. The Hall–Kier alpha value is -13.0. The normalized spacial score (nSPS) is 14.0. The van der Waals surface area contributed by atoms with Gasteiger partial charge < -0.3 is 9.80 Å². The van der Waals surface area contributed by atoms with Crippen molar-refractivity contribution in [3.05, 3.63) is 375 Å². The lowest BCUT2D eigenvalue weighted by molar-refractivity contribution is 0.444. The van der Waals surface area contributed by atoms with Gasteiger partial charge >= 0.3 is 0 Å². The summed E-state index contributed by atoms with van der Waals surface area (Å²) in [6.45, 7) is -0.163. The Morgan fingerprint density at radius 2 is 0.441 bits per heavy atom. The fourth-order valence-electron chi connectivity index (χ4n) is 18.2.